The Hall–Kier alpha value is -2.62. The van der Waals surface area contributed by atoms with E-state index in [1.165, 1.54) is 4.90 Å². The first-order valence-corrected chi connectivity index (χ1v) is 10.3. The van der Waals surface area contributed by atoms with Gasteiger partial charge in [-0.15, -0.1) is 11.6 Å². The van der Waals surface area contributed by atoms with Gasteiger partial charge in [-0.1, -0.05) is 72.3 Å². The SMILES string of the molecule is O=C1[C@@H]2C3c4ccccc4C(Cl)(c4ccccc43)[C@H]2C(=O)N1c1ccccc1Cl. The molecule has 5 heteroatoms. The minimum absolute atomic E-state index is 0.197. The van der Waals surface area contributed by atoms with Crippen molar-refractivity contribution in [2.24, 2.45) is 11.8 Å². The standard InChI is InChI=1S/C24H15Cl2NO2/c25-17-11-5-6-12-18(17)27-22(28)20-19-13-7-1-3-9-15(13)24(26,21(20)23(27)29)16-10-4-2-8-14(16)19/h1-12,19-21H/t19?,20-,21-,24?/m1/s1. The molecule has 0 radical (unpaired) electrons. The highest BCUT2D eigenvalue weighted by atomic mass is 35.5. The van der Waals surface area contributed by atoms with E-state index < -0.39 is 16.7 Å². The molecule has 2 atom stereocenters. The van der Waals surface area contributed by atoms with Gasteiger partial charge < -0.3 is 0 Å². The predicted octanol–water partition coefficient (Wildman–Crippen LogP) is 5.09. The second kappa shape index (κ2) is 5.71. The molecule has 4 aliphatic rings. The molecule has 29 heavy (non-hydrogen) atoms. The summed E-state index contributed by atoms with van der Waals surface area (Å²) in [7, 11) is 0. The molecule has 0 saturated carbocycles. The Morgan fingerprint density at radius 1 is 0.759 bits per heavy atom. The summed E-state index contributed by atoms with van der Waals surface area (Å²) in [5.74, 6) is -1.91. The second-order valence-corrected chi connectivity index (χ2v) is 8.83. The average molecular weight is 420 g/mol. The molecule has 1 aliphatic heterocycles. The van der Waals surface area contributed by atoms with Gasteiger partial charge in [-0.25, -0.2) is 4.90 Å². The molecule has 2 bridgehead atoms. The molecule has 0 N–H and O–H groups in total. The first-order chi connectivity index (χ1) is 14.0. The minimum atomic E-state index is -1.07. The van der Waals surface area contributed by atoms with Crippen LogP contribution in [0.15, 0.2) is 72.8 Å². The molecule has 142 valence electrons. The van der Waals surface area contributed by atoms with E-state index in [0.29, 0.717) is 10.7 Å². The monoisotopic (exact) mass is 419 g/mol. The first kappa shape index (κ1) is 17.3. The minimum Gasteiger partial charge on any atom is -0.274 e. The van der Waals surface area contributed by atoms with Crippen LogP contribution in [0.4, 0.5) is 5.69 Å². The Morgan fingerprint density at radius 2 is 1.31 bits per heavy atom. The number of halogens is 2. The van der Waals surface area contributed by atoms with Crippen molar-refractivity contribution in [3.05, 3.63) is 100 Å². The molecule has 0 unspecified atom stereocenters. The molecule has 3 aliphatic carbocycles. The number of amides is 2. The molecule has 3 aromatic carbocycles. The predicted molar refractivity (Wildman–Crippen MR) is 112 cm³/mol. The fraction of sp³-hybridized carbons (Fsp3) is 0.167. The summed E-state index contributed by atoms with van der Waals surface area (Å²) in [5, 5.41) is 0.374. The van der Waals surface area contributed by atoms with Gasteiger partial charge in [0.05, 0.1) is 22.5 Å². The Labute approximate surface area is 177 Å². The molecule has 3 aromatic rings. The average Bonchev–Trinajstić information content (AvgIpc) is 3.01. The number of hydrogen-bond acceptors (Lipinski definition) is 2. The van der Waals surface area contributed by atoms with Crippen molar-refractivity contribution >= 4 is 40.7 Å². The fourth-order valence-electron chi connectivity index (χ4n) is 5.55. The maximum absolute atomic E-state index is 13.7. The van der Waals surface area contributed by atoms with Gasteiger partial charge in [-0.05, 0) is 34.4 Å². The molecular formula is C24H15Cl2NO2. The number of hydrogen-bond donors (Lipinski definition) is 0. The number of para-hydroxylation sites is 1. The summed E-state index contributed by atoms with van der Waals surface area (Å²) in [6.45, 7) is 0. The van der Waals surface area contributed by atoms with Crippen LogP contribution in [0.1, 0.15) is 28.2 Å². The third kappa shape index (κ3) is 1.95. The molecular weight excluding hydrogens is 405 g/mol. The van der Waals surface area contributed by atoms with Gasteiger partial charge in [0.15, 0.2) is 0 Å². The fourth-order valence-corrected chi connectivity index (χ4v) is 6.34. The summed E-state index contributed by atoms with van der Waals surface area (Å²) in [5.41, 5.74) is 4.34. The van der Waals surface area contributed by atoms with Gasteiger partial charge in [0, 0.05) is 5.92 Å². The van der Waals surface area contributed by atoms with Gasteiger partial charge in [0.25, 0.3) is 0 Å². The molecule has 0 aromatic heterocycles. The Bertz CT molecular complexity index is 1170. The number of nitrogens with zero attached hydrogens (tertiary/aromatic N) is 1. The van der Waals surface area contributed by atoms with Crippen molar-refractivity contribution in [1.29, 1.82) is 0 Å². The Balaban J connectivity index is 1.64. The quantitative estimate of drug-likeness (QED) is 0.407. The van der Waals surface area contributed by atoms with Crippen molar-refractivity contribution in [3.63, 3.8) is 0 Å². The van der Waals surface area contributed by atoms with Crippen molar-refractivity contribution in [2.75, 3.05) is 4.90 Å². The van der Waals surface area contributed by atoms with Crippen LogP contribution in [0.3, 0.4) is 0 Å². The van der Waals surface area contributed by atoms with Crippen molar-refractivity contribution in [2.45, 2.75) is 10.8 Å². The smallest absolute Gasteiger partial charge is 0.240 e. The third-order valence-electron chi connectivity index (χ3n) is 6.61. The lowest BCUT2D eigenvalue weighted by molar-refractivity contribution is -0.122. The van der Waals surface area contributed by atoms with Gasteiger partial charge in [0.2, 0.25) is 11.8 Å². The zero-order valence-electron chi connectivity index (χ0n) is 15.2. The topological polar surface area (TPSA) is 37.4 Å². The van der Waals surface area contributed by atoms with E-state index in [4.69, 9.17) is 23.2 Å². The van der Waals surface area contributed by atoms with E-state index in [0.717, 1.165) is 22.3 Å². The van der Waals surface area contributed by atoms with Crippen LogP contribution in [0.2, 0.25) is 5.02 Å². The zero-order valence-corrected chi connectivity index (χ0v) is 16.7. The molecule has 1 saturated heterocycles. The highest BCUT2D eigenvalue weighted by Gasteiger charge is 2.68. The lowest BCUT2D eigenvalue weighted by Gasteiger charge is -2.50. The summed E-state index contributed by atoms with van der Waals surface area (Å²) in [6, 6.07) is 22.8. The largest absolute Gasteiger partial charge is 0.274 e. The van der Waals surface area contributed by atoms with E-state index in [9.17, 15) is 9.59 Å². The molecule has 1 fully saturated rings. The summed E-state index contributed by atoms with van der Waals surface area (Å²) < 4.78 is 0. The van der Waals surface area contributed by atoms with E-state index in [1.807, 2.05) is 48.5 Å². The van der Waals surface area contributed by atoms with E-state index >= 15 is 0 Å². The van der Waals surface area contributed by atoms with Crippen LogP contribution in [0, 0.1) is 11.8 Å². The third-order valence-corrected chi connectivity index (χ3v) is 7.57. The summed E-state index contributed by atoms with van der Waals surface area (Å²) in [6.07, 6.45) is 0. The van der Waals surface area contributed by atoms with Gasteiger partial charge in [-0.2, -0.15) is 0 Å². The normalized spacial score (nSPS) is 28.9. The number of benzene rings is 3. The van der Waals surface area contributed by atoms with Crippen molar-refractivity contribution in [1.82, 2.24) is 0 Å². The summed E-state index contributed by atoms with van der Waals surface area (Å²) >= 11 is 13.7. The molecule has 0 spiro atoms. The summed E-state index contributed by atoms with van der Waals surface area (Å²) in [4.78, 5) is 27.5. The zero-order chi connectivity index (χ0) is 19.9. The van der Waals surface area contributed by atoms with Crippen LogP contribution in [0.5, 0.6) is 0 Å². The van der Waals surface area contributed by atoms with Crippen LogP contribution in [-0.2, 0) is 14.5 Å². The maximum Gasteiger partial charge on any atom is 0.240 e. The van der Waals surface area contributed by atoms with Gasteiger partial charge in [0.1, 0.15) is 4.87 Å². The van der Waals surface area contributed by atoms with E-state index in [2.05, 4.69) is 0 Å². The number of anilines is 1. The number of imide groups is 1. The lowest BCUT2D eigenvalue weighted by Crippen LogP contribution is -2.50. The Morgan fingerprint density at radius 3 is 1.93 bits per heavy atom. The van der Waals surface area contributed by atoms with E-state index in [-0.39, 0.29) is 17.7 Å². The second-order valence-electron chi connectivity index (χ2n) is 7.83. The first-order valence-electron chi connectivity index (χ1n) is 9.55. The van der Waals surface area contributed by atoms with Crippen molar-refractivity contribution < 1.29 is 9.59 Å². The van der Waals surface area contributed by atoms with Gasteiger partial charge in [-0.3, -0.25) is 9.59 Å². The van der Waals surface area contributed by atoms with Gasteiger partial charge >= 0.3 is 0 Å². The van der Waals surface area contributed by atoms with Crippen LogP contribution >= 0.6 is 23.2 Å². The highest BCUT2D eigenvalue weighted by molar-refractivity contribution is 6.37. The number of carbonyl (C=O) groups excluding carboxylic acids is 2. The maximum atomic E-state index is 13.7. The molecule has 3 nitrogen and oxygen atoms in total. The van der Waals surface area contributed by atoms with E-state index in [1.54, 1.807) is 24.3 Å². The number of alkyl halides is 1. The van der Waals surface area contributed by atoms with Crippen LogP contribution in [0.25, 0.3) is 0 Å². The number of rotatable bonds is 1. The Kier molecular flexibility index (Phi) is 3.40. The van der Waals surface area contributed by atoms with Crippen molar-refractivity contribution in [3.8, 4) is 0 Å². The lowest BCUT2D eigenvalue weighted by atomic mass is 9.54. The highest BCUT2D eigenvalue weighted by Crippen LogP contribution is 2.66. The molecule has 7 rings (SSSR count). The van der Waals surface area contributed by atoms with Crippen LogP contribution in [-0.4, -0.2) is 11.8 Å². The molecule has 1 heterocycles. The number of carbonyl (C=O) groups is 2. The molecule has 2 amide bonds. The van der Waals surface area contributed by atoms with Crippen LogP contribution < -0.4 is 4.90 Å².